The smallest absolute Gasteiger partial charge is 0.334 e. The zero-order chi connectivity index (χ0) is 34.6. The lowest BCUT2D eigenvalue weighted by Crippen LogP contribution is -2.55. The van der Waals surface area contributed by atoms with Crippen LogP contribution in [0.4, 0.5) is 0 Å². The summed E-state index contributed by atoms with van der Waals surface area (Å²) in [7, 11) is -5.22. The predicted molar refractivity (Wildman–Crippen MR) is 182 cm³/mol. The Balaban J connectivity index is 0.00000129. The van der Waals surface area contributed by atoms with Crippen LogP contribution in [0.2, 0.25) is 0 Å². The standard InChI is InChI=1S/C34H54O4.H4O5P2/c1-9-10-11-12-13-17-20-34(38,26-18-15-14-16-19-26)33(23-35,24-36)30(37)29-25(2)21-27(31(3,4)5)22-28(29)32(6,7)8;1-6(2)5-7(3)4/h14-16,18-19,21-22,30,35-38H,9-13,17,20,23-24H2,1-8H3;1-4H. The SMILES string of the molecule is CCCCCCCCC(O)(c1ccccc1)C(CO)(CO)C(O)c1c(C)cc(C(C)(C)C)cc1C(C)(C)C.OP(O)OP(O)O. The first-order valence-electron chi connectivity index (χ1n) is 15.7. The van der Waals surface area contributed by atoms with Crippen LogP contribution in [-0.4, -0.2) is 53.2 Å². The lowest BCUT2D eigenvalue weighted by Gasteiger charge is -2.50. The van der Waals surface area contributed by atoms with Crippen molar-refractivity contribution < 1.29 is 44.3 Å². The summed E-state index contributed by atoms with van der Waals surface area (Å²) in [5.74, 6) is 0. The lowest BCUT2D eigenvalue weighted by molar-refractivity contribution is -0.197. The second kappa shape index (κ2) is 18.5. The zero-order valence-electron chi connectivity index (χ0n) is 28.4. The fourth-order valence-corrected chi connectivity index (χ4v) is 6.35. The Kier molecular flexibility index (Phi) is 17.2. The maximum Gasteiger partial charge on any atom is 0.334 e. The highest BCUT2D eigenvalue weighted by Crippen LogP contribution is 2.53. The zero-order valence-corrected chi connectivity index (χ0v) is 30.2. The molecule has 0 spiro atoms. The molecule has 258 valence electrons. The molecule has 9 nitrogen and oxygen atoms in total. The molecule has 11 heteroatoms. The van der Waals surface area contributed by atoms with Crippen LogP contribution in [0.1, 0.15) is 127 Å². The summed E-state index contributed by atoms with van der Waals surface area (Å²) in [6, 6.07) is 13.5. The van der Waals surface area contributed by atoms with Gasteiger partial charge in [0.15, 0.2) is 0 Å². The van der Waals surface area contributed by atoms with Crippen LogP contribution in [0, 0.1) is 12.3 Å². The number of hydrogen-bond acceptors (Lipinski definition) is 9. The highest BCUT2D eigenvalue weighted by molar-refractivity contribution is 7.53. The van der Waals surface area contributed by atoms with Crippen molar-refractivity contribution in [2.75, 3.05) is 13.2 Å². The van der Waals surface area contributed by atoms with Crippen LogP contribution >= 0.6 is 17.2 Å². The number of aliphatic hydroxyl groups is 4. The highest BCUT2D eigenvalue weighted by Gasteiger charge is 2.56. The van der Waals surface area contributed by atoms with Crippen molar-refractivity contribution in [1.82, 2.24) is 0 Å². The number of unbranched alkanes of at least 4 members (excludes halogenated alkanes) is 5. The molecule has 8 N–H and O–H groups in total. The molecule has 0 heterocycles. The minimum atomic E-state index is -2.61. The third-order valence-corrected chi connectivity index (χ3v) is 9.70. The van der Waals surface area contributed by atoms with Gasteiger partial charge in [-0.05, 0) is 52.0 Å². The molecule has 0 saturated carbocycles. The van der Waals surface area contributed by atoms with E-state index >= 15 is 0 Å². The molecule has 0 radical (unpaired) electrons. The minimum absolute atomic E-state index is 0.0815. The van der Waals surface area contributed by atoms with Gasteiger partial charge in [-0.15, -0.1) is 0 Å². The number of aliphatic hydroxyl groups excluding tert-OH is 3. The first kappa shape index (κ1) is 42.0. The lowest BCUT2D eigenvalue weighted by atomic mass is 9.60. The number of aryl methyl sites for hydroxylation is 1. The third-order valence-electron chi connectivity index (χ3n) is 8.54. The maximum absolute atomic E-state index is 12.5. The molecular weight excluding hydrogens is 614 g/mol. The largest absolute Gasteiger partial charge is 0.395 e. The fraction of sp³-hybridized carbons (Fsp3) is 0.647. The van der Waals surface area contributed by atoms with Crippen LogP contribution in [-0.2, 0) is 20.7 Å². The van der Waals surface area contributed by atoms with Crippen LogP contribution in [0.25, 0.3) is 0 Å². The summed E-state index contributed by atoms with van der Waals surface area (Å²) in [4.78, 5) is 31.3. The monoisotopic (exact) mass is 672 g/mol. The van der Waals surface area contributed by atoms with E-state index in [1.165, 1.54) is 18.4 Å². The molecule has 0 aromatic heterocycles. The molecular formula is C34H58O9P2. The van der Waals surface area contributed by atoms with Crippen molar-refractivity contribution in [1.29, 1.82) is 0 Å². The van der Waals surface area contributed by atoms with E-state index in [4.69, 9.17) is 19.6 Å². The molecule has 0 aliphatic carbocycles. The number of rotatable bonds is 15. The van der Waals surface area contributed by atoms with E-state index in [-0.39, 0.29) is 10.8 Å². The van der Waals surface area contributed by atoms with Crippen molar-refractivity contribution in [2.45, 2.75) is 123 Å². The molecule has 2 unspecified atom stereocenters. The van der Waals surface area contributed by atoms with Gasteiger partial charge in [-0.25, -0.2) is 4.31 Å². The maximum atomic E-state index is 12.5. The summed E-state index contributed by atoms with van der Waals surface area (Å²) >= 11 is 0. The molecule has 2 atom stereocenters. The van der Waals surface area contributed by atoms with Crippen molar-refractivity contribution in [3.8, 4) is 0 Å². The summed E-state index contributed by atoms with van der Waals surface area (Å²) < 4.78 is 3.60. The summed E-state index contributed by atoms with van der Waals surface area (Å²) in [5, 5.41) is 46.7. The van der Waals surface area contributed by atoms with E-state index < -0.39 is 47.5 Å². The quantitative estimate of drug-likeness (QED) is 0.0761. The average Bonchev–Trinajstić information content (AvgIpc) is 2.94. The van der Waals surface area contributed by atoms with Gasteiger partial charge in [0.1, 0.15) is 5.60 Å². The van der Waals surface area contributed by atoms with Gasteiger partial charge in [0, 0.05) is 0 Å². The van der Waals surface area contributed by atoms with E-state index in [9.17, 15) is 20.4 Å². The van der Waals surface area contributed by atoms with Gasteiger partial charge < -0.3 is 40.0 Å². The molecule has 0 aliphatic rings. The topological polar surface area (TPSA) is 171 Å². The van der Waals surface area contributed by atoms with Crippen LogP contribution in [0.5, 0.6) is 0 Å². The Morgan fingerprint density at radius 2 is 1.24 bits per heavy atom. The molecule has 0 amide bonds. The first-order valence-corrected chi connectivity index (χ1v) is 18.0. The van der Waals surface area contributed by atoms with Gasteiger partial charge in [-0.2, -0.15) is 0 Å². The second-order valence-electron chi connectivity index (χ2n) is 14.0. The average molecular weight is 673 g/mol. The molecule has 0 bridgehead atoms. The van der Waals surface area contributed by atoms with Gasteiger partial charge in [-0.3, -0.25) is 0 Å². The van der Waals surface area contributed by atoms with Crippen molar-refractivity contribution in [3.63, 3.8) is 0 Å². The van der Waals surface area contributed by atoms with E-state index in [0.717, 1.165) is 36.8 Å². The minimum Gasteiger partial charge on any atom is -0.395 e. The van der Waals surface area contributed by atoms with Gasteiger partial charge in [0.05, 0.1) is 24.7 Å². The van der Waals surface area contributed by atoms with Gasteiger partial charge in [0.2, 0.25) is 0 Å². The van der Waals surface area contributed by atoms with Gasteiger partial charge >= 0.3 is 17.2 Å². The normalized spacial score (nSPS) is 14.7. The molecule has 0 fully saturated rings. The third kappa shape index (κ3) is 11.5. The predicted octanol–water partition coefficient (Wildman–Crippen LogP) is 6.66. The van der Waals surface area contributed by atoms with Crippen molar-refractivity contribution in [3.05, 3.63) is 70.3 Å². The number of hydrogen-bond donors (Lipinski definition) is 8. The van der Waals surface area contributed by atoms with Crippen LogP contribution in [0.15, 0.2) is 42.5 Å². The van der Waals surface area contributed by atoms with E-state index in [2.05, 4.69) is 64.9 Å². The van der Waals surface area contributed by atoms with E-state index in [0.29, 0.717) is 17.5 Å². The molecule has 2 aromatic carbocycles. The van der Waals surface area contributed by atoms with Crippen molar-refractivity contribution >= 4 is 17.2 Å². The Morgan fingerprint density at radius 1 is 0.733 bits per heavy atom. The van der Waals surface area contributed by atoms with Crippen LogP contribution in [0.3, 0.4) is 0 Å². The highest BCUT2D eigenvalue weighted by atomic mass is 31.2. The van der Waals surface area contributed by atoms with E-state index in [1.807, 2.05) is 37.3 Å². The summed E-state index contributed by atoms with van der Waals surface area (Å²) in [6.07, 6.45) is 5.33. The molecule has 0 aliphatic heterocycles. The molecule has 0 saturated heterocycles. The Bertz CT molecular complexity index is 1120. The Morgan fingerprint density at radius 3 is 1.67 bits per heavy atom. The van der Waals surface area contributed by atoms with Gasteiger partial charge in [0.25, 0.3) is 0 Å². The summed E-state index contributed by atoms with van der Waals surface area (Å²) in [6.45, 7) is 15.9. The van der Waals surface area contributed by atoms with Crippen molar-refractivity contribution in [2.24, 2.45) is 5.41 Å². The Labute approximate surface area is 273 Å². The van der Waals surface area contributed by atoms with E-state index in [1.54, 1.807) is 0 Å². The number of benzene rings is 2. The second-order valence-corrected chi connectivity index (χ2v) is 15.6. The fourth-order valence-electron chi connectivity index (χ4n) is 5.82. The molecule has 2 rings (SSSR count). The summed E-state index contributed by atoms with van der Waals surface area (Å²) in [5.41, 5.74) is 0.707. The van der Waals surface area contributed by atoms with Gasteiger partial charge in [-0.1, -0.05) is 129 Å². The molecule has 45 heavy (non-hydrogen) atoms. The Hall–Kier alpha value is -1.06. The molecule has 2 aromatic rings. The van der Waals surface area contributed by atoms with Crippen LogP contribution < -0.4 is 0 Å². The first-order chi connectivity index (χ1) is 20.8.